The molecule has 0 amide bonds. The smallest absolute Gasteiger partial charge is 0.119 e. The van der Waals surface area contributed by atoms with Crippen molar-refractivity contribution in [3.05, 3.63) is 29.8 Å². The van der Waals surface area contributed by atoms with E-state index in [2.05, 4.69) is 18.7 Å². The van der Waals surface area contributed by atoms with E-state index < -0.39 is 5.60 Å². The van der Waals surface area contributed by atoms with Crippen LogP contribution in [0.1, 0.15) is 64.4 Å². The Bertz CT molecular complexity index is 445. The van der Waals surface area contributed by atoms with Gasteiger partial charge in [0.2, 0.25) is 0 Å². The third-order valence-corrected chi connectivity index (χ3v) is 5.03. The quantitative estimate of drug-likeness (QED) is 0.648. The van der Waals surface area contributed by atoms with Gasteiger partial charge in [-0.15, -0.1) is 12.4 Å². The van der Waals surface area contributed by atoms with E-state index >= 15 is 0 Å². The zero-order valence-electron chi connectivity index (χ0n) is 15.3. The minimum absolute atomic E-state index is 0. The van der Waals surface area contributed by atoms with Crippen LogP contribution in [0.5, 0.6) is 5.75 Å². The highest BCUT2D eigenvalue weighted by Gasteiger charge is 2.28. The first-order chi connectivity index (χ1) is 11.2. The van der Waals surface area contributed by atoms with Crippen LogP contribution < -0.4 is 4.74 Å². The van der Waals surface area contributed by atoms with Crippen molar-refractivity contribution in [3.63, 3.8) is 0 Å². The Balaban J connectivity index is 0.00000288. The molecule has 0 spiro atoms. The highest BCUT2D eigenvalue weighted by atomic mass is 35.5. The number of likely N-dealkylation sites (tertiary alicyclic amines) is 1. The average molecular weight is 356 g/mol. The number of piperidine rings is 1. The largest absolute Gasteiger partial charge is 0.494 e. The van der Waals surface area contributed by atoms with Gasteiger partial charge >= 0.3 is 0 Å². The molecule has 1 atom stereocenters. The first-order valence-electron chi connectivity index (χ1n) is 9.36. The third-order valence-electron chi connectivity index (χ3n) is 5.03. The van der Waals surface area contributed by atoms with Crippen LogP contribution in [0.15, 0.2) is 24.3 Å². The maximum Gasteiger partial charge on any atom is 0.119 e. The molecule has 0 radical (unpaired) electrons. The zero-order valence-corrected chi connectivity index (χ0v) is 16.1. The van der Waals surface area contributed by atoms with Gasteiger partial charge in [-0.25, -0.2) is 0 Å². The summed E-state index contributed by atoms with van der Waals surface area (Å²) in [5.41, 5.74) is 0.291. The van der Waals surface area contributed by atoms with Gasteiger partial charge in [0.05, 0.1) is 12.2 Å². The van der Waals surface area contributed by atoms with Crippen molar-refractivity contribution >= 4 is 12.4 Å². The zero-order chi connectivity index (χ0) is 16.5. The van der Waals surface area contributed by atoms with Gasteiger partial charge in [-0.2, -0.15) is 0 Å². The molecule has 1 aliphatic rings. The molecular weight excluding hydrogens is 322 g/mol. The molecule has 24 heavy (non-hydrogen) atoms. The van der Waals surface area contributed by atoms with E-state index in [0.717, 1.165) is 50.1 Å². The number of hydrogen-bond donors (Lipinski definition) is 1. The molecule has 1 unspecified atom stereocenters. The minimum atomic E-state index is -0.723. The molecule has 0 bridgehead atoms. The number of aliphatic hydroxyl groups is 1. The van der Waals surface area contributed by atoms with Crippen LogP contribution in [0.25, 0.3) is 0 Å². The molecule has 0 aromatic heterocycles. The van der Waals surface area contributed by atoms with Crippen molar-refractivity contribution in [3.8, 4) is 5.75 Å². The van der Waals surface area contributed by atoms with Crippen molar-refractivity contribution in [2.24, 2.45) is 0 Å². The summed E-state index contributed by atoms with van der Waals surface area (Å²) in [5.74, 6) is 0.900. The Hall–Kier alpha value is -0.770. The monoisotopic (exact) mass is 355 g/mol. The van der Waals surface area contributed by atoms with Crippen LogP contribution >= 0.6 is 12.4 Å². The van der Waals surface area contributed by atoms with Crippen molar-refractivity contribution in [1.82, 2.24) is 4.90 Å². The molecule has 138 valence electrons. The van der Waals surface area contributed by atoms with Gasteiger partial charge in [-0.3, -0.25) is 0 Å². The highest BCUT2D eigenvalue weighted by Crippen LogP contribution is 2.30. The molecule has 1 saturated heterocycles. The van der Waals surface area contributed by atoms with E-state index in [9.17, 15) is 5.11 Å². The summed E-state index contributed by atoms with van der Waals surface area (Å²) < 4.78 is 5.71. The summed E-state index contributed by atoms with van der Waals surface area (Å²) in [5, 5.41) is 11.1. The molecule has 2 rings (SSSR count). The first kappa shape index (κ1) is 21.3. The number of ether oxygens (including phenoxy) is 1. The van der Waals surface area contributed by atoms with Gasteiger partial charge in [0.15, 0.2) is 0 Å². The summed E-state index contributed by atoms with van der Waals surface area (Å²) in [6, 6.07) is 8.04. The van der Waals surface area contributed by atoms with Crippen LogP contribution in [0.2, 0.25) is 0 Å². The molecule has 1 aromatic carbocycles. The molecular formula is C20H34ClNO2. The topological polar surface area (TPSA) is 32.7 Å². The van der Waals surface area contributed by atoms with Crippen molar-refractivity contribution < 1.29 is 9.84 Å². The second-order valence-corrected chi connectivity index (χ2v) is 6.76. The average Bonchev–Trinajstić information content (AvgIpc) is 2.61. The number of benzene rings is 1. The second kappa shape index (κ2) is 11.0. The molecule has 4 heteroatoms. The predicted octanol–water partition coefficient (Wildman–Crippen LogP) is 4.76. The lowest BCUT2D eigenvalue weighted by Gasteiger charge is -2.32. The molecule has 1 aromatic rings. The molecule has 0 aliphatic carbocycles. The van der Waals surface area contributed by atoms with Crippen LogP contribution in [0.3, 0.4) is 0 Å². The molecule has 1 fully saturated rings. The van der Waals surface area contributed by atoms with Crippen LogP contribution in [0.4, 0.5) is 0 Å². The van der Waals surface area contributed by atoms with Crippen molar-refractivity contribution in [1.29, 1.82) is 0 Å². The Morgan fingerprint density at radius 1 is 1.08 bits per heavy atom. The Morgan fingerprint density at radius 3 is 2.33 bits per heavy atom. The summed E-state index contributed by atoms with van der Waals surface area (Å²) in [7, 11) is 0. The van der Waals surface area contributed by atoms with E-state index in [1.165, 1.54) is 32.4 Å². The van der Waals surface area contributed by atoms with E-state index in [1.54, 1.807) is 0 Å². The fourth-order valence-electron chi connectivity index (χ4n) is 3.25. The molecule has 3 nitrogen and oxygen atoms in total. The number of hydrogen-bond acceptors (Lipinski definition) is 3. The van der Waals surface area contributed by atoms with Gasteiger partial charge in [0, 0.05) is 6.54 Å². The third kappa shape index (κ3) is 6.27. The van der Waals surface area contributed by atoms with E-state index in [1.807, 2.05) is 24.3 Å². The molecule has 1 N–H and O–H groups in total. The SMILES string of the molecule is CCCCOc1ccc(C(O)(CC)CCN2CCCCC2)cc1.Cl. The Morgan fingerprint density at radius 2 is 1.75 bits per heavy atom. The lowest BCUT2D eigenvalue weighted by molar-refractivity contribution is 0.0115. The lowest BCUT2D eigenvalue weighted by Crippen LogP contribution is -2.36. The summed E-state index contributed by atoms with van der Waals surface area (Å²) in [4.78, 5) is 2.49. The van der Waals surface area contributed by atoms with E-state index in [0.29, 0.717) is 0 Å². The van der Waals surface area contributed by atoms with Crippen LogP contribution in [0, 0.1) is 0 Å². The minimum Gasteiger partial charge on any atom is -0.494 e. The summed E-state index contributed by atoms with van der Waals surface area (Å²) in [6.07, 6.45) is 7.73. The van der Waals surface area contributed by atoms with E-state index in [-0.39, 0.29) is 12.4 Å². The maximum absolute atomic E-state index is 11.1. The fourth-order valence-corrected chi connectivity index (χ4v) is 3.25. The van der Waals surface area contributed by atoms with Gasteiger partial charge in [-0.1, -0.05) is 38.8 Å². The predicted molar refractivity (Wildman–Crippen MR) is 103 cm³/mol. The second-order valence-electron chi connectivity index (χ2n) is 6.76. The standard InChI is InChI=1S/C20H33NO2.ClH/c1-3-5-17-23-19-11-9-18(10-12-19)20(22,4-2)13-16-21-14-7-6-8-15-21;/h9-12,22H,3-8,13-17H2,1-2H3;1H. The number of rotatable bonds is 9. The van der Waals surface area contributed by atoms with Crippen molar-refractivity contribution in [2.75, 3.05) is 26.2 Å². The fraction of sp³-hybridized carbons (Fsp3) is 0.700. The van der Waals surface area contributed by atoms with Crippen LogP contribution in [-0.2, 0) is 5.60 Å². The Kier molecular flexibility index (Phi) is 9.72. The highest BCUT2D eigenvalue weighted by molar-refractivity contribution is 5.85. The van der Waals surface area contributed by atoms with E-state index in [4.69, 9.17) is 4.74 Å². The first-order valence-corrected chi connectivity index (χ1v) is 9.36. The number of nitrogens with zero attached hydrogens (tertiary/aromatic N) is 1. The summed E-state index contributed by atoms with van der Waals surface area (Å²) >= 11 is 0. The van der Waals surface area contributed by atoms with Gasteiger partial charge in [0.1, 0.15) is 5.75 Å². The molecule has 1 aliphatic heterocycles. The van der Waals surface area contributed by atoms with Crippen LogP contribution in [-0.4, -0.2) is 36.2 Å². The van der Waals surface area contributed by atoms with Gasteiger partial charge in [-0.05, 0) is 62.9 Å². The lowest BCUT2D eigenvalue weighted by atomic mass is 9.87. The summed E-state index contributed by atoms with van der Waals surface area (Å²) in [6.45, 7) is 8.36. The number of unbranched alkanes of at least 4 members (excludes halogenated alkanes) is 1. The Labute approximate surface area is 153 Å². The molecule has 0 saturated carbocycles. The number of halogens is 1. The van der Waals surface area contributed by atoms with Gasteiger partial charge < -0.3 is 14.7 Å². The molecule has 1 heterocycles. The maximum atomic E-state index is 11.1. The van der Waals surface area contributed by atoms with Crippen molar-refractivity contribution in [2.45, 2.75) is 64.4 Å². The normalized spacial score (nSPS) is 17.8. The van der Waals surface area contributed by atoms with Gasteiger partial charge in [0.25, 0.3) is 0 Å².